The Morgan fingerprint density at radius 2 is 1.86 bits per heavy atom. The van der Waals surface area contributed by atoms with Gasteiger partial charge in [-0.2, -0.15) is 0 Å². The van der Waals surface area contributed by atoms with Crippen LogP contribution in [0.5, 0.6) is 11.5 Å². The van der Waals surface area contributed by atoms with E-state index in [1.54, 1.807) is 14.2 Å². The van der Waals surface area contributed by atoms with Crippen LogP contribution in [-0.2, 0) is 6.42 Å². The number of methoxy groups -OCH3 is 2. The Labute approximate surface area is 129 Å². The lowest BCUT2D eigenvalue weighted by Gasteiger charge is -2.34. The lowest BCUT2D eigenvalue weighted by atomic mass is 9.78. The van der Waals surface area contributed by atoms with Crippen molar-refractivity contribution < 1.29 is 9.47 Å². The molecule has 0 radical (unpaired) electrons. The molecule has 3 heteroatoms. The van der Waals surface area contributed by atoms with Gasteiger partial charge in [-0.3, -0.25) is 0 Å². The van der Waals surface area contributed by atoms with Crippen molar-refractivity contribution in [1.82, 2.24) is 5.32 Å². The van der Waals surface area contributed by atoms with Crippen LogP contribution in [0.4, 0.5) is 0 Å². The normalized spacial score (nSPS) is 25.6. The minimum absolute atomic E-state index is 0.675. The Morgan fingerprint density at radius 3 is 2.57 bits per heavy atom. The second-order valence-corrected chi connectivity index (χ2v) is 6.27. The summed E-state index contributed by atoms with van der Waals surface area (Å²) < 4.78 is 10.6. The molecule has 3 atom stereocenters. The fourth-order valence-corrected chi connectivity index (χ4v) is 3.31. The molecule has 1 aliphatic carbocycles. The average Bonchev–Trinajstić information content (AvgIpc) is 2.51. The zero-order valence-electron chi connectivity index (χ0n) is 13.8. The van der Waals surface area contributed by atoms with Crippen LogP contribution in [0.15, 0.2) is 18.2 Å². The Bertz CT molecular complexity index is 447. The Balaban J connectivity index is 1.85. The van der Waals surface area contributed by atoms with Crippen LogP contribution < -0.4 is 14.8 Å². The van der Waals surface area contributed by atoms with E-state index in [9.17, 15) is 0 Å². The predicted octanol–water partition coefficient (Wildman–Crippen LogP) is 3.66. The number of nitrogens with one attached hydrogen (secondary N) is 1. The molecule has 118 valence electrons. The van der Waals surface area contributed by atoms with Crippen LogP contribution in [0.25, 0.3) is 0 Å². The molecule has 1 aromatic rings. The van der Waals surface area contributed by atoms with Gasteiger partial charge < -0.3 is 14.8 Å². The third-order valence-electron chi connectivity index (χ3n) is 4.97. The molecule has 1 aromatic carbocycles. The summed E-state index contributed by atoms with van der Waals surface area (Å²) in [7, 11) is 3.36. The summed E-state index contributed by atoms with van der Waals surface area (Å²) in [6.07, 6.45) is 5.09. The molecule has 0 aromatic heterocycles. The van der Waals surface area contributed by atoms with Gasteiger partial charge in [-0.15, -0.1) is 0 Å². The first-order chi connectivity index (χ1) is 10.2. The number of ether oxygens (including phenoxy) is 2. The molecular weight excluding hydrogens is 262 g/mol. The number of rotatable bonds is 6. The molecule has 3 unspecified atom stereocenters. The summed E-state index contributed by atoms with van der Waals surface area (Å²) >= 11 is 0. The maximum absolute atomic E-state index is 5.36. The molecular formula is C18H29NO2. The van der Waals surface area contributed by atoms with Gasteiger partial charge in [0.15, 0.2) is 11.5 Å². The van der Waals surface area contributed by atoms with Crippen molar-refractivity contribution in [3.05, 3.63) is 23.8 Å². The largest absolute Gasteiger partial charge is 0.493 e. The summed E-state index contributed by atoms with van der Waals surface area (Å²) in [6, 6.07) is 6.86. The van der Waals surface area contributed by atoms with E-state index in [2.05, 4.69) is 31.3 Å². The molecule has 1 saturated carbocycles. The first kappa shape index (κ1) is 16.2. The minimum Gasteiger partial charge on any atom is -0.493 e. The van der Waals surface area contributed by atoms with Crippen molar-refractivity contribution in [3.63, 3.8) is 0 Å². The van der Waals surface area contributed by atoms with Crippen LogP contribution >= 0.6 is 0 Å². The molecule has 1 aliphatic rings. The second-order valence-electron chi connectivity index (χ2n) is 6.27. The van der Waals surface area contributed by atoms with Gasteiger partial charge in [-0.25, -0.2) is 0 Å². The van der Waals surface area contributed by atoms with E-state index in [0.29, 0.717) is 6.04 Å². The van der Waals surface area contributed by atoms with Gasteiger partial charge in [-0.05, 0) is 48.9 Å². The van der Waals surface area contributed by atoms with Gasteiger partial charge in [0.05, 0.1) is 14.2 Å². The standard InChI is InChI=1S/C18H29NO2/c1-13-6-5-7-16(14(13)2)19-11-10-15-8-9-17(20-3)18(12-15)21-4/h8-9,12-14,16,19H,5-7,10-11H2,1-4H3. The van der Waals surface area contributed by atoms with E-state index in [4.69, 9.17) is 9.47 Å². The van der Waals surface area contributed by atoms with Crippen molar-refractivity contribution in [3.8, 4) is 11.5 Å². The maximum atomic E-state index is 5.36. The Kier molecular flexibility index (Phi) is 5.92. The van der Waals surface area contributed by atoms with Gasteiger partial charge in [0.25, 0.3) is 0 Å². The van der Waals surface area contributed by atoms with E-state index < -0.39 is 0 Å². The summed E-state index contributed by atoms with van der Waals surface area (Å²) in [6.45, 7) is 5.79. The molecule has 2 rings (SSSR count). The number of hydrogen-bond acceptors (Lipinski definition) is 3. The van der Waals surface area contributed by atoms with E-state index in [-0.39, 0.29) is 0 Å². The highest BCUT2D eigenvalue weighted by Gasteiger charge is 2.26. The molecule has 0 aliphatic heterocycles. The Morgan fingerprint density at radius 1 is 1.10 bits per heavy atom. The summed E-state index contributed by atoms with van der Waals surface area (Å²) in [5.74, 6) is 3.24. The zero-order valence-corrected chi connectivity index (χ0v) is 13.8. The third-order valence-corrected chi connectivity index (χ3v) is 4.97. The van der Waals surface area contributed by atoms with Gasteiger partial charge in [-0.1, -0.05) is 32.8 Å². The first-order valence-corrected chi connectivity index (χ1v) is 8.10. The van der Waals surface area contributed by atoms with Crippen molar-refractivity contribution >= 4 is 0 Å². The SMILES string of the molecule is COc1ccc(CCNC2CCCC(C)C2C)cc1OC. The topological polar surface area (TPSA) is 30.5 Å². The van der Waals surface area contributed by atoms with Crippen LogP contribution in [0.1, 0.15) is 38.7 Å². The lowest BCUT2D eigenvalue weighted by molar-refractivity contribution is 0.208. The van der Waals surface area contributed by atoms with Crippen LogP contribution in [0, 0.1) is 11.8 Å². The van der Waals surface area contributed by atoms with E-state index in [1.165, 1.54) is 24.8 Å². The summed E-state index contributed by atoms with van der Waals surface area (Å²) in [5, 5.41) is 3.74. The quantitative estimate of drug-likeness (QED) is 0.867. The fourth-order valence-electron chi connectivity index (χ4n) is 3.31. The molecule has 1 fully saturated rings. The molecule has 0 bridgehead atoms. The van der Waals surface area contributed by atoms with Crippen LogP contribution in [-0.4, -0.2) is 26.8 Å². The Hall–Kier alpha value is -1.22. The number of benzene rings is 1. The van der Waals surface area contributed by atoms with Crippen molar-refractivity contribution in [2.45, 2.75) is 45.6 Å². The average molecular weight is 291 g/mol. The highest BCUT2D eigenvalue weighted by molar-refractivity contribution is 5.42. The predicted molar refractivity (Wildman–Crippen MR) is 87.2 cm³/mol. The van der Waals surface area contributed by atoms with Gasteiger partial charge in [0.2, 0.25) is 0 Å². The summed E-state index contributed by atoms with van der Waals surface area (Å²) in [4.78, 5) is 0. The molecule has 0 heterocycles. The number of hydrogen-bond donors (Lipinski definition) is 1. The van der Waals surface area contributed by atoms with Crippen molar-refractivity contribution in [1.29, 1.82) is 0 Å². The summed E-state index contributed by atoms with van der Waals surface area (Å²) in [5.41, 5.74) is 1.29. The molecule has 0 saturated heterocycles. The van der Waals surface area contributed by atoms with E-state index in [0.717, 1.165) is 36.3 Å². The zero-order chi connectivity index (χ0) is 15.2. The molecule has 1 N–H and O–H groups in total. The minimum atomic E-state index is 0.675. The van der Waals surface area contributed by atoms with E-state index >= 15 is 0 Å². The van der Waals surface area contributed by atoms with Gasteiger partial charge in [0.1, 0.15) is 0 Å². The highest BCUT2D eigenvalue weighted by atomic mass is 16.5. The van der Waals surface area contributed by atoms with E-state index in [1.807, 2.05) is 6.07 Å². The third kappa shape index (κ3) is 4.13. The molecule has 3 nitrogen and oxygen atoms in total. The lowest BCUT2D eigenvalue weighted by Crippen LogP contribution is -2.41. The molecule has 21 heavy (non-hydrogen) atoms. The molecule has 0 spiro atoms. The van der Waals surface area contributed by atoms with Crippen LogP contribution in [0.2, 0.25) is 0 Å². The highest BCUT2D eigenvalue weighted by Crippen LogP contribution is 2.30. The molecule has 0 amide bonds. The van der Waals surface area contributed by atoms with Gasteiger partial charge in [0, 0.05) is 6.04 Å². The monoisotopic (exact) mass is 291 g/mol. The smallest absolute Gasteiger partial charge is 0.160 e. The second kappa shape index (κ2) is 7.69. The van der Waals surface area contributed by atoms with Gasteiger partial charge >= 0.3 is 0 Å². The first-order valence-electron chi connectivity index (χ1n) is 8.10. The fraction of sp³-hybridized carbons (Fsp3) is 0.667. The van der Waals surface area contributed by atoms with Crippen molar-refractivity contribution in [2.75, 3.05) is 20.8 Å². The van der Waals surface area contributed by atoms with Crippen molar-refractivity contribution in [2.24, 2.45) is 11.8 Å². The van der Waals surface area contributed by atoms with Crippen LogP contribution in [0.3, 0.4) is 0 Å². The maximum Gasteiger partial charge on any atom is 0.160 e.